The van der Waals surface area contributed by atoms with E-state index < -0.39 is 165 Å². The number of quaternary nitrogens is 1. The van der Waals surface area contributed by atoms with Gasteiger partial charge in [-0.1, -0.05) is 48.0 Å². The number of thioether (sulfide) groups is 1. The smallest absolute Gasteiger partial charge is 0.481 e. The van der Waals surface area contributed by atoms with Gasteiger partial charge in [0.25, 0.3) is 5.91 Å². The number of rotatable bonds is 30. The van der Waals surface area contributed by atoms with Gasteiger partial charge in [0.15, 0.2) is 12.6 Å². The van der Waals surface area contributed by atoms with Gasteiger partial charge in [-0.25, -0.2) is 0 Å². The first-order chi connectivity index (χ1) is 31.9. The molecule has 1 rings (SSSR count). The second kappa shape index (κ2) is 29.1. The van der Waals surface area contributed by atoms with E-state index in [9.17, 15) is 68.1 Å². The van der Waals surface area contributed by atoms with Crippen LogP contribution in [0.5, 0.6) is 0 Å². The van der Waals surface area contributed by atoms with Gasteiger partial charge in [-0.2, -0.15) is 26.4 Å². The third kappa shape index (κ3) is 21.1. The van der Waals surface area contributed by atoms with Crippen LogP contribution in [0.25, 0.3) is 0 Å². The summed E-state index contributed by atoms with van der Waals surface area (Å²) in [5, 5.41) is 45.2. The molecule has 1 aliphatic rings. The maximum atomic E-state index is 14.2. The van der Waals surface area contributed by atoms with E-state index in [-0.39, 0.29) is 19.4 Å². The van der Waals surface area contributed by atoms with Gasteiger partial charge in [0.05, 0.1) is 12.8 Å². The number of hydrogen-bond donors (Lipinski definition) is 14. The summed E-state index contributed by atoms with van der Waals surface area (Å²) in [5.74, 6) is -13.3. The number of carboxylic acids is 3. The molecule has 1 aliphatic heterocycles. The number of hydrogen-bond acceptors (Lipinski definition) is 16. The third-order valence-electron chi connectivity index (χ3n) is 10.9. The van der Waals surface area contributed by atoms with Gasteiger partial charge >= 0.3 is 26.1 Å². The first-order valence-corrected chi connectivity index (χ1v) is 25.0. The summed E-state index contributed by atoms with van der Waals surface area (Å²) in [6.45, 7) is 10.2. The van der Waals surface area contributed by atoms with Crippen molar-refractivity contribution in [3.8, 4) is 0 Å². The molecule has 0 bridgehead atoms. The number of carbonyl (C=O) groups is 11. The van der Waals surface area contributed by atoms with Gasteiger partial charge in [0.1, 0.15) is 48.3 Å². The number of nitrogens with one attached hydrogen (secondary N) is 7. The molecule has 8 amide bonds. The Morgan fingerprint density at radius 1 is 0.667 bits per heavy atom. The van der Waals surface area contributed by atoms with E-state index in [4.69, 9.17) is 14.7 Å². The first-order valence-electron chi connectivity index (χ1n) is 22.1. The van der Waals surface area contributed by atoms with Crippen molar-refractivity contribution in [2.24, 2.45) is 17.8 Å². The topological polar surface area (TPSA) is 433 Å². The largest absolute Gasteiger partial charge is 0.567 e. The van der Waals surface area contributed by atoms with E-state index in [1.165, 1.54) is 37.4 Å². The normalized spacial score (nSPS) is 17.7. The highest BCUT2D eigenvalue weighted by molar-refractivity contribution is 7.98. The lowest BCUT2D eigenvalue weighted by Crippen LogP contribution is -2.71. The van der Waals surface area contributed by atoms with Crippen LogP contribution < -0.4 is 43.0 Å². The first kappa shape index (κ1) is 61.8. The maximum Gasteiger partial charge on any atom is 0.567 e. The van der Waals surface area contributed by atoms with E-state index in [1.807, 2.05) is 5.32 Å². The monoisotopic (exact) mass is 1030 g/mol. The van der Waals surface area contributed by atoms with Gasteiger partial charge < -0.3 is 63.2 Å². The lowest BCUT2D eigenvalue weighted by molar-refractivity contribution is -0.408. The molecule has 0 unspecified atom stereocenters. The summed E-state index contributed by atoms with van der Waals surface area (Å²) in [5.41, 5.74) is 3.37. The summed E-state index contributed by atoms with van der Waals surface area (Å²) >= 11 is 1.36. The minimum atomic E-state index is -4.79. The number of aliphatic carboxylic acids is 3. The van der Waals surface area contributed by atoms with E-state index in [0.29, 0.717) is 18.6 Å². The molecule has 0 radical (unpaired) electrons. The molecular formula is C40H70N9O18PS+2. The van der Waals surface area contributed by atoms with Crippen LogP contribution in [0.4, 0.5) is 0 Å². The summed E-state index contributed by atoms with van der Waals surface area (Å²) in [4.78, 5) is 171. The van der Waals surface area contributed by atoms with Crippen LogP contribution in [-0.4, -0.2) is 180 Å². The van der Waals surface area contributed by atoms with Gasteiger partial charge in [-0.3, -0.25) is 52.7 Å². The van der Waals surface area contributed by atoms with Crippen molar-refractivity contribution in [2.75, 3.05) is 25.2 Å². The summed E-state index contributed by atoms with van der Waals surface area (Å²) in [7, 11) is -4.79. The van der Waals surface area contributed by atoms with Gasteiger partial charge in [-0.05, 0) is 55.9 Å². The molecule has 392 valence electrons. The number of amides is 8. The predicted octanol–water partition coefficient (Wildman–Crippen LogP) is -4.18. The zero-order chi connectivity index (χ0) is 53.1. The van der Waals surface area contributed by atoms with Crippen molar-refractivity contribution in [2.45, 2.75) is 141 Å². The van der Waals surface area contributed by atoms with Crippen molar-refractivity contribution < 1.29 is 93.0 Å². The molecule has 0 saturated carbocycles. The molecule has 0 aromatic rings. The van der Waals surface area contributed by atoms with E-state index >= 15 is 0 Å². The Morgan fingerprint density at radius 2 is 1.14 bits per heavy atom. The third-order valence-corrected chi connectivity index (χ3v) is 12.1. The zero-order valence-corrected chi connectivity index (χ0v) is 41.6. The Balaban J connectivity index is 3.32. The zero-order valence-electron chi connectivity index (χ0n) is 39.9. The molecule has 1 fully saturated rings. The number of carbonyl (C=O) groups excluding carboxylic acids is 8. The van der Waals surface area contributed by atoms with Crippen molar-refractivity contribution in [1.29, 1.82) is 0 Å². The molecule has 27 nitrogen and oxygen atoms in total. The number of nitrogens with zero attached hydrogens (tertiary/aromatic N) is 1. The van der Waals surface area contributed by atoms with Crippen molar-refractivity contribution in [1.82, 2.24) is 42.1 Å². The highest BCUT2D eigenvalue weighted by Gasteiger charge is 2.42. The molecule has 29 heteroatoms. The second-order valence-electron chi connectivity index (χ2n) is 17.3. The molecule has 1 saturated heterocycles. The minimum Gasteiger partial charge on any atom is -0.481 e. The summed E-state index contributed by atoms with van der Waals surface area (Å²) in [6, 6.07) is -12.9. The van der Waals surface area contributed by atoms with Gasteiger partial charge in [-0.15, -0.1) is 4.52 Å². The van der Waals surface area contributed by atoms with E-state index in [1.54, 1.807) is 34.0 Å². The Bertz CT molecular complexity index is 1860. The van der Waals surface area contributed by atoms with Gasteiger partial charge in [0.2, 0.25) is 41.4 Å². The van der Waals surface area contributed by atoms with Crippen LogP contribution in [0, 0.1) is 17.8 Å². The Kier molecular flexibility index (Phi) is 26.0. The minimum absolute atomic E-state index is 0.0191. The predicted molar refractivity (Wildman–Crippen MR) is 244 cm³/mol. The quantitative estimate of drug-likeness (QED) is 0.0304. The molecule has 0 aromatic carbocycles. The fourth-order valence-electron chi connectivity index (χ4n) is 6.72. The Labute approximate surface area is 403 Å². The molecule has 0 aromatic heterocycles. The SMILES string of the molecule is CC[C@H](C)[C@H](NC(=O)[C@@H](NC(=O)[C@H](CCSC)NC(=O)[C@@H]1CCCN1C(=O)[C@@H](NC(=O)[C@H](CC(=O)O)NC(=O)[C@H](CC(=O)O)NC(=O)[C@@H]([NH3+])CO[P+](O)(O)O)C(C)C)C(C)C)C(=O)N[C@@H](C)C(=O)O. The lowest BCUT2D eigenvalue weighted by Gasteiger charge is -2.32. The molecule has 69 heavy (non-hydrogen) atoms. The maximum absolute atomic E-state index is 14.2. The highest BCUT2D eigenvalue weighted by atomic mass is 32.2. The average Bonchev–Trinajstić information content (AvgIpc) is 3.75. The van der Waals surface area contributed by atoms with Crippen LogP contribution in [0.2, 0.25) is 0 Å². The van der Waals surface area contributed by atoms with Crippen LogP contribution in [0.1, 0.15) is 87.0 Å². The van der Waals surface area contributed by atoms with Gasteiger partial charge in [0, 0.05) is 6.54 Å². The average molecular weight is 1030 g/mol. The standard InChI is InChI=1S/C40H68N9O18PS/c1-9-20(6)31(38(60)42-21(7)40(62)63)48-37(59)29(18(2)3)46-33(55)23(12-14-69-8)43-36(58)26-11-10-13-49(26)39(61)30(19(4)5)47-35(57)25(16-28(52)53)45-34(56)24(15-27(50)51)44-32(54)22(41)17-67-68(64,65)66/h18-26,29-31,64-66H,9-17,41H2,1-8H3,(H9-,42,43,44,45,46,47,48,50,51,52,53,54,55,56,57,58,59,60,62,63)/p+2/t20-,21-,22-,23-,24-,25-,26-,29-,30-,31-/m0/s1. The Morgan fingerprint density at radius 3 is 1.62 bits per heavy atom. The Hall–Kier alpha value is -5.25. The van der Waals surface area contributed by atoms with Crippen LogP contribution in [0.15, 0.2) is 0 Å². The second-order valence-corrected chi connectivity index (χ2v) is 19.5. The fourth-order valence-corrected chi connectivity index (χ4v) is 7.57. The molecular weight excluding hydrogens is 958 g/mol. The lowest BCUT2D eigenvalue weighted by atomic mass is 9.96. The fraction of sp³-hybridized carbons (Fsp3) is 0.725. The number of carboxylic acid groups (broad SMARTS) is 3. The molecule has 1 heterocycles. The van der Waals surface area contributed by atoms with Crippen LogP contribution >= 0.6 is 19.9 Å². The van der Waals surface area contributed by atoms with E-state index in [0.717, 1.165) is 0 Å². The summed E-state index contributed by atoms with van der Waals surface area (Å²) < 4.78 is 4.33. The van der Waals surface area contributed by atoms with Crippen LogP contribution in [-0.2, 0) is 57.3 Å². The summed E-state index contributed by atoms with van der Waals surface area (Å²) in [6.07, 6.45) is 0.547. The van der Waals surface area contributed by atoms with Crippen molar-refractivity contribution in [3.63, 3.8) is 0 Å². The van der Waals surface area contributed by atoms with Crippen molar-refractivity contribution in [3.05, 3.63) is 0 Å². The van der Waals surface area contributed by atoms with Crippen molar-refractivity contribution >= 4 is 85.1 Å². The van der Waals surface area contributed by atoms with Crippen LogP contribution in [0.3, 0.4) is 0 Å². The molecule has 10 atom stereocenters. The van der Waals surface area contributed by atoms with E-state index in [2.05, 4.69) is 42.2 Å². The molecule has 16 N–H and O–H groups in total. The molecule has 0 aliphatic carbocycles. The number of likely N-dealkylation sites (tertiary alicyclic amines) is 1. The molecule has 0 spiro atoms. The highest BCUT2D eigenvalue weighted by Crippen LogP contribution is 2.45.